The van der Waals surface area contributed by atoms with Crippen molar-refractivity contribution in [3.63, 3.8) is 0 Å². The third-order valence-corrected chi connectivity index (χ3v) is 9.68. The molecule has 12 nitrogen and oxygen atoms in total. The van der Waals surface area contributed by atoms with Crippen molar-refractivity contribution in [1.82, 2.24) is 19.8 Å². The number of nitrogens with one attached hydrogen (secondary N) is 2. The number of piperazine rings is 1. The quantitative estimate of drug-likeness (QED) is 0.266. The molecule has 0 spiro atoms. The fraction of sp³-hybridized carbons (Fsp3) is 0.467. The van der Waals surface area contributed by atoms with E-state index >= 15 is 0 Å². The minimum Gasteiger partial charge on any atom is -0.494 e. The molecule has 1 aromatic heterocycles. The number of aryl methyl sites for hydroxylation is 1. The summed E-state index contributed by atoms with van der Waals surface area (Å²) < 4.78 is 36.6. The lowest BCUT2D eigenvalue weighted by molar-refractivity contribution is 0.0982. The minimum atomic E-state index is -2.89. The number of halogens is 1. The van der Waals surface area contributed by atoms with Crippen LogP contribution in [-0.4, -0.2) is 102 Å². The van der Waals surface area contributed by atoms with Gasteiger partial charge in [-0.15, -0.1) is 0 Å². The molecule has 0 radical (unpaired) electrons. The topological polar surface area (TPSA) is 115 Å². The van der Waals surface area contributed by atoms with Gasteiger partial charge >= 0.3 is 0 Å². The number of rotatable bonds is 10. The Morgan fingerprint density at radius 3 is 2.34 bits per heavy atom. The van der Waals surface area contributed by atoms with E-state index in [0.717, 1.165) is 67.7 Å². The predicted octanol–water partition coefficient (Wildman–Crippen LogP) is 4.23. The molecule has 0 atom stereocenters. The molecule has 0 aliphatic carbocycles. The highest BCUT2D eigenvalue weighted by atomic mass is 79.9. The standard InChI is InChI=1S/C30H41BrN8O4S/c1-20-17-24(27(43-5)18-25(20)39-11-9-21(10-12-39)38-15-13-36(2)14-16-38)34-30-32-19-22(31)29(35-30)33-23-7-6-8-26(42-4)28(23)37(3)44(40)41/h6-8,17-19,21,44H,9-16H2,1-5H3,(H2,32,33,34,35). The molecule has 2 aliphatic rings. The number of benzene rings is 2. The maximum atomic E-state index is 11.8. The first-order valence-electron chi connectivity index (χ1n) is 14.7. The molecule has 3 heterocycles. The highest BCUT2D eigenvalue weighted by Crippen LogP contribution is 2.39. The highest BCUT2D eigenvalue weighted by Gasteiger charge is 2.28. The van der Waals surface area contributed by atoms with Gasteiger partial charge in [0.1, 0.15) is 23.0 Å². The summed E-state index contributed by atoms with van der Waals surface area (Å²) in [7, 11) is 3.94. The van der Waals surface area contributed by atoms with Crippen LogP contribution in [-0.2, 0) is 10.9 Å². The van der Waals surface area contributed by atoms with Gasteiger partial charge in [0, 0.05) is 70.3 Å². The molecular weight excluding hydrogens is 648 g/mol. The van der Waals surface area contributed by atoms with Crippen LogP contribution in [0, 0.1) is 6.92 Å². The van der Waals surface area contributed by atoms with E-state index in [0.29, 0.717) is 45.2 Å². The van der Waals surface area contributed by atoms with Gasteiger partial charge in [-0.3, -0.25) is 9.21 Å². The van der Waals surface area contributed by atoms with E-state index in [1.165, 1.54) is 19.8 Å². The molecule has 3 aromatic rings. The molecule has 5 rings (SSSR count). The van der Waals surface area contributed by atoms with E-state index in [4.69, 9.17) is 9.47 Å². The summed E-state index contributed by atoms with van der Waals surface area (Å²) in [6, 6.07) is 10.0. The molecule has 44 heavy (non-hydrogen) atoms. The smallest absolute Gasteiger partial charge is 0.229 e. The molecular formula is C30H41BrN8O4S. The number of nitrogens with zero attached hydrogens (tertiary/aromatic N) is 6. The summed E-state index contributed by atoms with van der Waals surface area (Å²) >= 11 is 3.51. The van der Waals surface area contributed by atoms with Crippen LogP contribution in [0.15, 0.2) is 41.0 Å². The maximum Gasteiger partial charge on any atom is 0.229 e. The molecule has 2 aromatic carbocycles. The zero-order valence-electron chi connectivity index (χ0n) is 25.8. The average Bonchev–Trinajstić information content (AvgIpc) is 3.03. The van der Waals surface area contributed by atoms with Crippen LogP contribution >= 0.6 is 15.9 Å². The summed E-state index contributed by atoms with van der Waals surface area (Å²) in [5.41, 5.74) is 3.93. The summed E-state index contributed by atoms with van der Waals surface area (Å²) in [4.78, 5) is 16.7. The van der Waals surface area contributed by atoms with Crippen molar-refractivity contribution in [1.29, 1.82) is 0 Å². The lowest BCUT2D eigenvalue weighted by Crippen LogP contribution is -2.52. The largest absolute Gasteiger partial charge is 0.494 e. The highest BCUT2D eigenvalue weighted by molar-refractivity contribution is 9.10. The number of likely N-dealkylation sites (N-methyl/N-ethyl adjacent to an activating group) is 1. The Morgan fingerprint density at radius 1 is 0.977 bits per heavy atom. The molecule has 14 heteroatoms. The van der Waals surface area contributed by atoms with Gasteiger partial charge in [0.15, 0.2) is 0 Å². The number of methoxy groups -OCH3 is 2. The third-order valence-electron chi connectivity index (χ3n) is 8.41. The first kappa shape index (κ1) is 32.1. The monoisotopic (exact) mass is 688 g/mol. The third kappa shape index (κ3) is 7.14. The van der Waals surface area contributed by atoms with Crippen molar-refractivity contribution >= 4 is 61.3 Å². The van der Waals surface area contributed by atoms with Gasteiger partial charge in [-0.25, -0.2) is 13.4 Å². The molecule has 238 valence electrons. The van der Waals surface area contributed by atoms with Gasteiger partial charge in [-0.1, -0.05) is 6.07 Å². The van der Waals surface area contributed by atoms with Crippen LogP contribution in [0.3, 0.4) is 0 Å². The predicted molar refractivity (Wildman–Crippen MR) is 180 cm³/mol. The SMILES string of the molecule is COc1cc(N2CCC(N3CCN(C)CC3)CC2)c(C)cc1Nc1ncc(Br)c(Nc2cccc(OC)c2N(C)[SH](=O)=O)n1. The van der Waals surface area contributed by atoms with Gasteiger partial charge < -0.3 is 29.9 Å². The average molecular weight is 690 g/mol. The van der Waals surface area contributed by atoms with Crippen molar-refractivity contribution in [3.05, 3.63) is 46.6 Å². The Hall–Kier alpha value is -3.33. The normalized spacial score (nSPS) is 16.7. The Labute approximate surface area is 269 Å². The molecule has 2 saturated heterocycles. The number of hydrogen-bond acceptors (Lipinski definition) is 11. The number of anilines is 6. The molecule has 0 amide bonds. The van der Waals surface area contributed by atoms with Gasteiger partial charge in [0.2, 0.25) is 16.8 Å². The van der Waals surface area contributed by atoms with Crippen LogP contribution in [0.5, 0.6) is 11.5 Å². The fourth-order valence-electron chi connectivity index (χ4n) is 5.91. The van der Waals surface area contributed by atoms with Crippen LogP contribution in [0.4, 0.5) is 34.5 Å². The van der Waals surface area contributed by atoms with Crippen LogP contribution in [0.25, 0.3) is 0 Å². The van der Waals surface area contributed by atoms with Crippen LogP contribution < -0.4 is 29.3 Å². The second-order valence-electron chi connectivity index (χ2n) is 11.2. The molecule has 2 N–H and O–H groups in total. The van der Waals surface area contributed by atoms with E-state index in [1.807, 2.05) is 0 Å². The van der Waals surface area contributed by atoms with Crippen molar-refractivity contribution in [3.8, 4) is 11.5 Å². The number of ether oxygens (including phenoxy) is 2. The Bertz CT molecular complexity index is 1530. The number of piperidine rings is 1. The van der Waals surface area contributed by atoms with Crippen molar-refractivity contribution in [2.45, 2.75) is 25.8 Å². The summed E-state index contributed by atoms with van der Waals surface area (Å²) in [5.74, 6) is 1.90. The minimum absolute atomic E-state index is 0.349. The maximum absolute atomic E-state index is 11.8. The van der Waals surface area contributed by atoms with Crippen LogP contribution in [0.1, 0.15) is 18.4 Å². The molecule has 0 bridgehead atoms. The molecule has 2 fully saturated rings. The zero-order chi connectivity index (χ0) is 31.4. The fourth-order valence-corrected chi connectivity index (χ4v) is 6.57. The van der Waals surface area contributed by atoms with Gasteiger partial charge in [0.25, 0.3) is 0 Å². The second kappa shape index (κ2) is 14.2. The van der Waals surface area contributed by atoms with Crippen molar-refractivity contribution < 1.29 is 17.9 Å². The molecule has 0 saturated carbocycles. The summed E-state index contributed by atoms with van der Waals surface area (Å²) in [5, 5.41) is 6.54. The Kier molecular flexibility index (Phi) is 10.3. The summed E-state index contributed by atoms with van der Waals surface area (Å²) in [6.07, 6.45) is 3.95. The number of thiol groups is 1. The van der Waals surface area contributed by atoms with E-state index < -0.39 is 10.9 Å². The molecule has 2 aliphatic heterocycles. The van der Waals surface area contributed by atoms with Crippen molar-refractivity contribution in [2.24, 2.45) is 0 Å². The lowest BCUT2D eigenvalue weighted by atomic mass is 10.0. The van der Waals surface area contributed by atoms with E-state index in [1.54, 1.807) is 31.5 Å². The van der Waals surface area contributed by atoms with Gasteiger partial charge in [-0.2, -0.15) is 4.98 Å². The number of aromatic nitrogens is 2. The van der Waals surface area contributed by atoms with Crippen molar-refractivity contribution in [2.75, 3.05) is 87.4 Å². The van der Waals surface area contributed by atoms with Gasteiger partial charge in [-0.05, 0) is 66.5 Å². The number of hydrogen-bond donors (Lipinski definition) is 3. The van der Waals surface area contributed by atoms with Gasteiger partial charge in [0.05, 0.1) is 30.1 Å². The van der Waals surface area contributed by atoms with E-state index in [-0.39, 0.29) is 0 Å². The Balaban J connectivity index is 1.33. The first-order valence-corrected chi connectivity index (χ1v) is 16.6. The first-order chi connectivity index (χ1) is 21.2. The second-order valence-corrected chi connectivity index (χ2v) is 13.1. The lowest BCUT2D eigenvalue weighted by Gasteiger charge is -2.43. The summed E-state index contributed by atoms with van der Waals surface area (Å²) in [6.45, 7) is 8.75. The Morgan fingerprint density at radius 2 is 1.68 bits per heavy atom. The number of para-hydroxylation sites is 1. The molecule has 0 unspecified atom stereocenters. The van der Waals surface area contributed by atoms with Crippen LogP contribution in [0.2, 0.25) is 0 Å². The van der Waals surface area contributed by atoms with E-state index in [9.17, 15) is 8.42 Å². The van der Waals surface area contributed by atoms with E-state index in [2.05, 4.69) is 77.3 Å². The zero-order valence-corrected chi connectivity index (χ0v) is 28.3.